The van der Waals surface area contributed by atoms with E-state index in [1.807, 2.05) is 11.9 Å². The van der Waals surface area contributed by atoms with Gasteiger partial charge in [0.2, 0.25) is 5.89 Å². The Kier molecular flexibility index (Phi) is 4.39. The highest BCUT2D eigenvalue weighted by molar-refractivity contribution is 6.16. The Balaban J connectivity index is 2.62. The largest absolute Gasteiger partial charge is 0.407 e. The minimum atomic E-state index is 0.263. The molecule has 0 aliphatic rings. The topological polar surface area (TPSA) is 42.2 Å². The zero-order valence-electron chi connectivity index (χ0n) is 9.70. The van der Waals surface area contributed by atoms with Crippen molar-refractivity contribution in [2.75, 3.05) is 11.9 Å². The zero-order valence-corrected chi connectivity index (χ0v) is 10.5. The summed E-state index contributed by atoms with van der Waals surface area (Å²) in [7, 11) is 1.96. The fraction of sp³-hybridized carbons (Fsp3) is 0.800. The van der Waals surface area contributed by atoms with Crippen molar-refractivity contribution in [3.05, 3.63) is 5.89 Å². The molecular weight excluding hydrogens is 214 g/mol. The molecule has 0 radical (unpaired) electrons. The van der Waals surface area contributed by atoms with Crippen molar-refractivity contribution in [2.45, 2.75) is 39.1 Å². The van der Waals surface area contributed by atoms with Crippen LogP contribution in [0.3, 0.4) is 0 Å². The lowest BCUT2D eigenvalue weighted by Gasteiger charge is -2.23. The standard InChI is InChI=1S/C10H18ClN3O/c1-7(2)5-8(3)14(4)10-13-12-9(6-11)15-10/h7-8H,5-6H2,1-4H3. The summed E-state index contributed by atoms with van der Waals surface area (Å²) in [4.78, 5) is 1.99. The van der Waals surface area contributed by atoms with Gasteiger partial charge in [-0.05, 0) is 19.3 Å². The van der Waals surface area contributed by atoms with Crippen molar-refractivity contribution in [2.24, 2.45) is 5.92 Å². The van der Waals surface area contributed by atoms with Gasteiger partial charge in [0.15, 0.2) is 0 Å². The lowest BCUT2D eigenvalue weighted by molar-refractivity contribution is 0.454. The van der Waals surface area contributed by atoms with Gasteiger partial charge >= 0.3 is 6.01 Å². The normalized spacial score (nSPS) is 13.2. The number of rotatable bonds is 5. The maximum absolute atomic E-state index is 5.59. The molecule has 4 nitrogen and oxygen atoms in total. The zero-order chi connectivity index (χ0) is 11.4. The van der Waals surface area contributed by atoms with Crippen LogP contribution in [0, 0.1) is 5.92 Å². The molecule has 0 saturated carbocycles. The highest BCUT2D eigenvalue weighted by Crippen LogP contribution is 2.18. The fourth-order valence-corrected chi connectivity index (χ4v) is 1.58. The van der Waals surface area contributed by atoms with Crippen molar-refractivity contribution in [1.82, 2.24) is 10.2 Å². The number of aromatic nitrogens is 2. The number of hydrogen-bond acceptors (Lipinski definition) is 4. The molecule has 0 fully saturated rings. The molecule has 86 valence electrons. The van der Waals surface area contributed by atoms with E-state index in [1.54, 1.807) is 0 Å². The Morgan fingerprint density at radius 2 is 2.00 bits per heavy atom. The first-order valence-corrected chi connectivity index (χ1v) is 5.69. The second-order valence-corrected chi connectivity index (χ2v) is 4.47. The van der Waals surface area contributed by atoms with Gasteiger partial charge in [0.05, 0.1) is 0 Å². The van der Waals surface area contributed by atoms with Crippen LogP contribution in [0.5, 0.6) is 0 Å². The van der Waals surface area contributed by atoms with E-state index in [9.17, 15) is 0 Å². The third-order valence-electron chi connectivity index (χ3n) is 2.35. The van der Waals surface area contributed by atoms with Gasteiger partial charge in [-0.25, -0.2) is 0 Å². The van der Waals surface area contributed by atoms with Gasteiger partial charge in [-0.3, -0.25) is 0 Å². The lowest BCUT2D eigenvalue weighted by Crippen LogP contribution is -2.30. The molecule has 0 N–H and O–H groups in total. The van der Waals surface area contributed by atoms with Gasteiger partial charge in [0.1, 0.15) is 5.88 Å². The maximum Gasteiger partial charge on any atom is 0.318 e. The van der Waals surface area contributed by atoms with Gasteiger partial charge in [0, 0.05) is 13.1 Å². The summed E-state index contributed by atoms with van der Waals surface area (Å²) in [6, 6.07) is 0.924. The number of halogens is 1. The van der Waals surface area contributed by atoms with E-state index in [4.69, 9.17) is 16.0 Å². The first-order valence-electron chi connectivity index (χ1n) is 5.15. The molecule has 1 aromatic rings. The van der Waals surface area contributed by atoms with Crippen molar-refractivity contribution in [3.8, 4) is 0 Å². The highest BCUT2D eigenvalue weighted by Gasteiger charge is 2.16. The van der Waals surface area contributed by atoms with E-state index >= 15 is 0 Å². The van der Waals surface area contributed by atoms with E-state index in [-0.39, 0.29) is 5.88 Å². The van der Waals surface area contributed by atoms with Crippen LogP contribution >= 0.6 is 11.6 Å². The van der Waals surface area contributed by atoms with Gasteiger partial charge in [-0.1, -0.05) is 18.9 Å². The number of hydrogen-bond donors (Lipinski definition) is 0. The SMILES string of the molecule is CC(C)CC(C)N(C)c1nnc(CCl)o1. The van der Waals surface area contributed by atoms with Crippen molar-refractivity contribution in [1.29, 1.82) is 0 Å². The average molecular weight is 232 g/mol. The third-order valence-corrected chi connectivity index (χ3v) is 2.57. The van der Waals surface area contributed by atoms with E-state index in [1.165, 1.54) is 0 Å². The first-order chi connectivity index (χ1) is 7.04. The molecule has 15 heavy (non-hydrogen) atoms. The number of alkyl halides is 1. The Labute approximate surface area is 95.6 Å². The summed E-state index contributed by atoms with van der Waals surface area (Å²) >= 11 is 5.59. The van der Waals surface area contributed by atoms with E-state index < -0.39 is 0 Å². The maximum atomic E-state index is 5.59. The van der Waals surface area contributed by atoms with Gasteiger partial charge in [-0.15, -0.1) is 16.7 Å². The molecule has 0 spiro atoms. The molecule has 0 aliphatic heterocycles. The quantitative estimate of drug-likeness (QED) is 0.731. The van der Waals surface area contributed by atoms with E-state index in [0.29, 0.717) is 23.9 Å². The molecule has 0 amide bonds. The number of nitrogens with zero attached hydrogens (tertiary/aromatic N) is 3. The van der Waals surface area contributed by atoms with E-state index in [0.717, 1.165) is 6.42 Å². The third kappa shape index (κ3) is 3.38. The first kappa shape index (κ1) is 12.3. The van der Waals surface area contributed by atoms with Gasteiger partial charge in [-0.2, -0.15) is 0 Å². The van der Waals surface area contributed by atoms with Gasteiger partial charge < -0.3 is 9.32 Å². The van der Waals surface area contributed by atoms with Crippen molar-refractivity contribution >= 4 is 17.6 Å². The summed E-state index contributed by atoms with van der Waals surface area (Å²) in [5.41, 5.74) is 0. The van der Waals surface area contributed by atoms with Crippen molar-refractivity contribution < 1.29 is 4.42 Å². The Bertz CT molecular complexity index is 301. The highest BCUT2D eigenvalue weighted by atomic mass is 35.5. The molecule has 0 aliphatic carbocycles. The summed E-state index contributed by atoms with van der Waals surface area (Å²) in [5.74, 6) is 1.38. The second kappa shape index (κ2) is 5.35. The van der Waals surface area contributed by atoms with Gasteiger partial charge in [0.25, 0.3) is 0 Å². The van der Waals surface area contributed by atoms with Crippen LogP contribution in [0.4, 0.5) is 6.01 Å². The molecule has 1 heterocycles. The monoisotopic (exact) mass is 231 g/mol. The van der Waals surface area contributed by atoms with Crippen LogP contribution in [-0.4, -0.2) is 23.3 Å². The Morgan fingerprint density at radius 3 is 2.47 bits per heavy atom. The molecule has 0 saturated heterocycles. The van der Waals surface area contributed by atoms with Crippen LogP contribution < -0.4 is 4.90 Å². The minimum absolute atomic E-state index is 0.263. The summed E-state index contributed by atoms with van der Waals surface area (Å²) in [5, 5.41) is 7.77. The molecular formula is C10H18ClN3O. The Hall–Kier alpha value is -0.770. The second-order valence-electron chi connectivity index (χ2n) is 4.20. The predicted molar refractivity (Wildman–Crippen MR) is 61.2 cm³/mol. The van der Waals surface area contributed by atoms with Crippen LogP contribution in [0.25, 0.3) is 0 Å². The van der Waals surface area contributed by atoms with Crippen molar-refractivity contribution in [3.63, 3.8) is 0 Å². The molecule has 1 rings (SSSR count). The summed E-state index contributed by atoms with van der Waals surface area (Å²) < 4.78 is 5.37. The summed E-state index contributed by atoms with van der Waals surface area (Å²) in [6.07, 6.45) is 1.09. The predicted octanol–water partition coefficient (Wildman–Crippen LogP) is 2.68. The summed E-state index contributed by atoms with van der Waals surface area (Å²) in [6.45, 7) is 6.54. The van der Waals surface area contributed by atoms with E-state index in [2.05, 4.69) is 31.0 Å². The Morgan fingerprint density at radius 1 is 1.33 bits per heavy atom. The van der Waals surface area contributed by atoms with Crippen LogP contribution in [0.2, 0.25) is 0 Å². The molecule has 1 unspecified atom stereocenters. The molecule has 0 aromatic carbocycles. The molecule has 0 bridgehead atoms. The molecule has 1 aromatic heterocycles. The average Bonchev–Trinajstić information content (AvgIpc) is 2.63. The molecule has 5 heteroatoms. The molecule has 1 atom stereocenters. The van der Waals surface area contributed by atoms with Crippen LogP contribution in [0.1, 0.15) is 33.1 Å². The minimum Gasteiger partial charge on any atom is -0.407 e. The van der Waals surface area contributed by atoms with Crippen LogP contribution in [0.15, 0.2) is 4.42 Å². The number of anilines is 1. The smallest absolute Gasteiger partial charge is 0.318 e. The lowest BCUT2D eigenvalue weighted by atomic mass is 10.0. The fourth-order valence-electron chi connectivity index (χ4n) is 1.47. The van der Waals surface area contributed by atoms with Crippen LogP contribution in [-0.2, 0) is 5.88 Å².